The van der Waals surface area contributed by atoms with E-state index < -0.39 is 0 Å². The number of hydrogen-bond acceptors (Lipinski definition) is 1. The van der Waals surface area contributed by atoms with E-state index in [-0.39, 0.29) is 0 Å². The molecule has 2 heteroatoms. The fourth-order valence-corrected chi connectivity index (χ4v) is 3.41. The molecule has 2 heterocycles. The molecular weight excluding hydrogens is 262 g/mol. The Bertz CT molecular complexity index is 841. The Kier molecular flexibility index (Phi) is 2.68. The van der Waals surface area contributed by atoms with Crippen molar-refractivity contribution in [1.82, 2.24) is 4.57 Å². The van der Waals surface area contributed by atoms with Crippen molar-refractivity contribution in [2.45, 2.75) is 0 Å². The number of benzene rings is 2. The van der Waals surface area contributed by atoms with E-state index in [2.05, 4.69) is 82.7 Å². The van der Waals surface area contributed by atoms with Gasteiger partial charge in [0.05, 0.1) is 15.9 Å². The van der Waals surface area contributed by atoms with Crippen LogP contribution in [0.15, 0.2) is 78.2 Å². The van der Waals surface area contributed by atoms with Crippen molar-refractivity contribution in [2.24, 2.45) is 0 Å². The molecule has 0 saturated carbocycles. The Morgan fingerprint density at radius 2 is 1.45 bits per heavy atom. The predicted octanol–water partition coefficient (Wildman–Crippen LogP) is 5.36. The van der Waals surface area contributed by atoms with Gasteiger partial charge in [0.25, 0.3) is 0 Å². The van der Waals surface area contributed by atoms with E-state index in [0.717, 1.165) is 0 Å². The van der Waals surface area contributed by atoms with Gasteiger partial charge in [-0.2, -0.15) is 0 Å². The Morgan fingerprint density at radius 1 is 0.750 bits per heavy atom. The van der Waals surface area contributed by atoms with Crippen LogP contribution in [0.1, 0.15) is 0 Å². The molecule has 0 saturated heterocycles. The molecule has 4 aromatic rings. The first kappa shape index (κ1) is 11.5. The summed E-state index contributed by atoms with van der Waals surface area (Å²) < 4.78 is 3.66. The van der Waals surface area contributed by atoms with Crippen LogP contribution in [-0.2, 0) is 0 Å². The number of hydrogen-bond donors (Lipinski definition) is 0. The maximum Gasteiger partial charge on any atom is 0.0642 e. The highest BCUT2D eigenvalue weighted by Crippen LogP contribution is 2.34. The van der Waals surface area contributed by atoms with Gasteiger partial charge >= 0.3 is 0 Å². The normalized spacial score (nSPS) is 11.0. The van der Waals surface area contributed by atoms with E-state index in [1.165, 1.54) is 27.2 Å². The van der Waals surface area contributed by atoms with E-state index >= 15 is 0 Å². The summed E-state index contributed by atoms with van der Waals surface area (Å²) in [5.74, 6) is 0. The third-order valence-electron chi connectivity index (χ3n) is 3.51. The molecule has 0 fully saturated rings. The standard InChI is InChI=1S/C18H13NS/c1-3-7-14(8-4-1)17-13-18-16(11-12-20-18)19(17)15-9-5-2-6-10-15/h1-13H. The summed E-state index contributed by atoms with van der Waals surface area (Å²) in [6.07, 6.45) is 0. The van der Waals surface area contributed by atoms with Crippen molar-refractivity contribution in [1.29, 1.82) is 0 Å². The van der Waals surface area contributed by atoms with Crippen LogP contribution in [0.4, 0.5) is 0 Å². The van der Waals surface area contributed by atoms with Crippen LogP contribution in [0.3, 0.4) is 0 Å². The lowest BCUT2D eigenvalue weighted by molar-refractivity contribution is 1.14. The number of fused-ring (bicyclic) bond motifs is 1. The highest BCUT2D eigenvalue weighted by Gasteiger charge is 2.12. The molecule has 0 N–H and O–H groups in total. The Hall–Kier alpha value is -2.32. The quantitative estimate of drug-likeness (QED) is 0.464. The monoisotopic (exact) mass is 275 g/mol. The molecule has 0 amide bonds. The minimum atomic E-state index is 1.21. The van der Waals surface area contributed by atoms with Crippen LogP contribution in [0.2, 0.25) is 0 Å². The lowest BCUT2D eigenvalue weighted by Crippen LogP contribution is -1.95. The van der Waals surface area contributed by atoms with E-state index in [9.17, 15) is 0 Å². The fraction of sp³-hybridized carbons (Fsp3) is 0. The zero-order valence-electron chi connectivity index (χ0n) is 10.9. The molecule has 96 valence electrons. The summed E-state index contributed by atoms with van der Waals surface area (Å²) in [5.41, 5.74) is 4.98. The second-order valence-electron chi connectivity index (χ2n) is 4.74. The van der Waals surface area contributed by atoms with Gasteiger partial charge in [-0.1, -0.05) is 48.5 Å². The minimum absolute atomic E-state index is 1.21. The number of aromatic nitrogens is 1. The number of thiophene rings is 1. The third-order valence-corrected chi connectivity index (χ3v) is 4.36. The summed E-state index contributed by atoms with van der Waals surface area (Å²) in [5, 5.41) is 2.15. The smallest absolute Gasteiger partial charge is 0.0642 e. The minimum Gasteiger partial charge on any atom is -0.308 e. The van der Waals surface area contributed by atoms with Gasteiger partial charge in [0.15, 0.2) is 0 Å². The highest BCUT2D eigenvalue weighted by atomic mass is 32.1. The van der Waals surface area contributed by atoms with Gasteiger partial charge in [0.1, 0.15) is 0 Å². The van der Waals surface area contributed by atoms with Crippen LogP contribution in [-0.4, -0.2) is 4.57 Å². The molecule has 20 heavy (non-hydrogen) atoms. The lowest BCUT2D eigenvalue weighted by atomic mass is 10.1. The van der Waals surface area contributed by atoms with Gasteiger partial charge in [0.2, 0.25) is 0 Å². The molecule has 2 aromatic heterocycles. The summed E-state index contributed by atoms with van der Waals surface area (Å²) >= 11 is 1.79. The number of nitrogens with zero attached hydrogens (tertiary/aromatic N) is 1. The molecule has 0 spiro atoms. The molecule has 2 aromatic carbocycles. The van der Waals surface area contributed by atoms with Crippen LogP contribution in [0.25, 0.3) is 27.2 Å². The van der Waals surface area contributed by atoms with E-state index in [0.29, 0.717) is 0 Å². The summed E-state index contributed by atoms with van der Waals surface area (Å²) in [6.45, 7) is 0. The van der Waals surface area contributed by atoms with Crippen molar-refractivity contribution in [3.05, 3.63) is 78.2 Å². The van der Waals surface area contributed by atoms with E-state index in [1.807, 2.05) is 0 Å². The topological polar surface area (TPSA) is 4.93 Å². The zero-order valence-corrected chi connectivity index (χ0v) is 11.7. The highest BCUT2D eigenvalue weighted by molar-refractivity contribution is 7.17. The summed E-state index contributed by atoms with van der Waals surface area (Å²) in [7, 11) is 0. The SMILES string of the molecule is c1ccc(-c2cc3sccc3n2-c2ccccc2)cc1. The summed E-state index contributed by atoms with van der Waals surface area (Å²) in [6, 6.07) is 25.6. The van der Waals surface area contributed by atoms with Gasteiger partial charge in [-0.3, -0.25) is 0 Å². The van der Waals surface area contributed by atoms with Gasteiger partial charge in [-0.25, -0.2) is 0 Å². The Labute approximate surface area is 121 Å². The largest absolute Gasteiger partial charge is 0.308 e. The molecular formula is C18H13NS. The predicted molar refractivity (Wildman–Crippen MR) is 86.6 cm³/mol. The molecule has 0 radical (unpaired) electrons. The second-order valence-corrected chi connectivity index (χ2v) is 5.68. The first-order valence-electron chi connectivity index (χ1n) is 6.63. The van der Waals surface area contributed by atoms with E-state index in [1.54, 1.807) is 11.3 Å². The Balaban J connectivity index is 2.05. The molecule has 4 rings (SSSR count). The maximum atomic E-state index is 2.33. The number of rotatable bonds is 2. The molecule has 0 unspecified atom stereocenters. The van der Waals surface area contributed by atoms with Crippen LogP contribution < -0.4 is 0 Å². The van der Waals surface area contributed by atoms with Crippen LogP contribution in [0.5, 0.6) is 0 Å². The first-order valence-corrected chi connectivity index (χ1v) is 7.51. The molecule has 0 bridgehead atoms. The maximum absolute atomic E-state index is 2.33. The Morgan fingerprint density at radius 3 is 2.20 bits per heavy atom. The van der Waals surface area contributed by atoms with E-state index in [4.69, 9.17) is 0 Å². The molecule has 0 aliphatic rings. The van der Waals surface area contributed by atoms with Crippen molar-refractivity contribution in [3.8, 4) is 16.9 Å². The fourth-order valence-electron chi connectivity index (χ4n) is 2.60. The average molecular weight is 275 g/mol. The average Bonchev–Trinajstić information content (AvgIpc) is 3.09. The molecule has 0 aliphatic carbocycles. The van der Waals surface area contributed by atoms with Crippen molar-refractivity contribution in [3.63, 3.8) is 0 Å². The number of para-hydroxylation sites is 1. The zero-order chi connectivity index (χ0) is 13.4. The summed E-state index contributed by atoms with van der Waals surface area (Å²) in [4.78, 5) is 0. The van der Waals surface area contributed by atoms with Gasteiger partial charge in [0, 0.05) is 5.69 Å². The molecule has 0 atom stereocenters. The van der Waals surface area contributed by atoms with Crippen LogP contribution in [0, 0.1) is 0 Å². The van der Waals surface area contributed by atoms with Crippen molar-refractivity contribution >= 4 is 21.6 Å². The first-order chi connectivity index (χ1) is 9.93. The molecule has 0 aliphatic heterocycles. The second kappa shape index (κ2) is 4.66. The van der Waals surface area contributed by atoms with Gasteiger partial charge in [-0.05, 0) is 35.2 Å². The van der Waals surface area contributed by atoms with Crippen molar-refractivity contribution in [2.75, 3.05) is 0 Å². The lowest BCUT2D eigenvalue weighted by Gasteiger charge is -2.10. The third kappa shape index (κ3) is 1.77. The molecule has 1 nitrogen and oxygen atoms in total. The van der Waals surface area contributed by atoms with Crippen molar-refractivity contribution < 1.29 is 0 Å². The van der Waals surface area contributed by atoms with Crippen LogP contribution >= 0.6 is 11.3 Å². The van der Waals surface area contributed by atoms with Gasteiger partial charge < -0.3 is 4.57 Å². The van der Waals surface area contributed by atoms with Gasteiger partial charge in [-0.15, -0.1) is 11.3 Å².